The van der Waals surface area contributed by atoms with Crippen molar-refractivity contribution in [2.75, 3.05) is 0 Å². The van der Waals surface area contributed by atoms with Crippen LogP contribution in [-0.2, 0) is 0 Å². The summed E-state index contributed by atoms with van der Waals surface area (Å²) in [5.74, 6) is 0.848. The summed E-state index contributed by atoms with van der Waals surface area (Å²) in [6, 6.07) is 0. The summed E-state index contributed by atoms with van der Waals surface area (Å²) >= 11 is 0. The van der Waals surface area contributed by atoms with Crippen LogP contribution in [0.1, 0.15) is 59.8 Å². The zero-order valence-electron chi connectivity index (χ0n) is 9.69. The van der Waals surface area contributed by atoms with E-state index in [9.17, 15) is 0 Å². The topological polar surface area (TPSA) is 0 Å². The Labute approximate surface area is 83.4 Å². The van der Waals surface area contributed by atoms with E-state index >= 15 is 0 Å². The van der Waals surface area contributed by atoms with Gasteiger partial charge in [0.2, 0.25) is 0 Å². The molecule has 0 heteroatoms. The van der Waals surface area contributed by atoms with Crippen molar-refractivity contribution in [3.63, 3.8) is 0 Å². The van der Waals surface area contributed by atoms with Crippen molar-refractivity contribution in [2.24, 2.45) is 11.3 Å². The maximum atomic E-state index is 2.45. The maximum absolute atomic E-state index is 2.45. The smallest absolute Gasteiger partial charge is 0.0155 e. The number of rotatable bonds is 3. The molecule has 0 N–H and O–H groups in total. The molecule has 0 heterocycles. The Kier molecular flexibility index (Phi) is 3.58. The van der Waals surface area contributed by atoms with Gasteiger partial charge in [-0.2, -0.15) is 0 Å². The van der Waals surface area contributed by atoms with Crippen LogP contribution >= 0.6 is 0 Å². The van der Waals surface area contributed by atoms with Gasteiger partial charge in [0.25, 0.3) is 0 Å². The molecule has 0 saturated heterocycles. The van der Waals surface area contributed by atoms with Crippen LogP contribution in [0.25, 0.3) is 0 Å². The van der Waals surface area contributed by atoms with Gasteiger partial charge in [-0.1, -0.05) is 45.3 Å². The molecule has 0 bridgehead atoms. The molecular weight excluding hydrogens is 156 g/mol. The van der Waals surface area contributed by atoms with Crippen molar-refractivity contribution < 1.29 is 0 Å². The molecule has 0 nitrogen and oxygen atoms in total. The van der Waals surface area contributed by atoms with E-state index in [1.54, 1.807) is 5.57 Å². The van der Waals surface area contributed by atoms with Crippen LogP contribution in [0.5, 0.6) is 0 Å². The summed E-state index contributed by atoms with van der Waals surface area (Å²) in [5.41, 5.74) is 2.19. The quantitative estimate of drug-likeness (QED) is 0.558. The lowest BCUT2D eigenvalue weighted by Gasteiger charge is -2.38. The van der Waals surface area contributed by atoms with Gasteiger partial charge in [-0.3, -0.25) is 0 Å². The SMILES string of the molecule is CCCC[C@H]1C(C)=CCCC1(C)C. The molecule has 13 heavy (non-hydrogen) atoms. The minimum absolute atomic E-state index is 0.550. The second-order valence-electron chi connectivity index (χ2n) is 5.17. The Bertz CT molecular complexity index is 186. The lowest BCUT2D eigenvalue weighted by atomic mass is 9.67. The molecule has 76 valence electrons. The van der Waals surface area contributed by atoms with Gasteiger partial charge < -0.3 is 0 Å². The predicted molar refractivity (Wildman–Crippen MR) is 59.8 cm³/mol. The summed E-state index contributed by atoms with van der Waals surface area (Å²) in [5, 5.41) is 0. The van der Waals surface area contributed by atoms with Gasteiger partial charge in [0.15, 0.2) is 0 Å². The highest BCUT2D eigenvalue weighted by Gasteiger charge is 2.31. The Morgan fingerprint density at radius 2 is 2.15 bits per heavy atom. The number of hydrogen-bond acceptors (Lipinski definition) is 0. The van der Waals surface area contributed by atoms with E-state index < -0.39 is 0 Å². The second-order valence-corrected chi connectivity index (χ2v) is 5.17. The summed E-state index contributed by atoms with van der Waals surface area (Å²) in [4.78, 5) is 0. The van der Waals surface area contributed by atoms with Crippen LogP contribution in [0, 0.1) is 11.3 Å². The third-order valence-electron chi connectivity index (χ3n) is 3.59. The second kappa shape index (κ2) is 4.30. The van der Waals surface area contributed by atoms with Crippen LogP contribution in [0.15, 0.2) is 11.6 Å². The minimum atomic E-state index is 0.550. The fourth-order valence-corrected chi connectivity index (χ4v) is 2.63. The van der Waals surface area contributed by atoms with E-state index in [1.807, 2.05) is 0 Å². The predicted octanol–water partition coefficient (Wildman–Crippen LogP) is 4.56. The molecule has 0 radical (unpaired) electrons. The van der Waals surface area contributed by atoms with Gasteiger partial charge in [-0.25, -0.2) is 0 Å². The van der Waals surface area contributed by atoms with Crippen molar-refractivity contribution in [3.8, 4) is 0 Å². The summed E-state index contributed by atoms with van der Waals surface area (Å²) < 4.78 is 0. The number of hydrogen-bond donors (Lipinski definition) is 0. The Morgan fingerprint density at radius 3 is 2.69 bits per heavy atom. The molecule has 0 aromatic heterocycles. The Morgan fingerprint density at radius 1 is 1.46 bits per heavy atom. The first-order valence-corrected chi connectivity index (χ1v) is 5.74. The first kappa shape index (κ1) is 10.8. The Balaban J connectivity index is 2.64. The molecule has 1 rings (SSSR count). The highest BCUT2D eigenvalue weighted by molar-refractivity contribution is 5.11. The molecule has 1 aliphatic carbocycles. The zero-order chi connectivity index (χ0) is 9.90. The van der Waals surface area contributed by atoms with Crippen molar-refractivity contribution >= 4 is 0 Å². The normalized spacial score (nSPS) is 27.1. The van der Waals surface area contributed by atoms with E-state index in [0.29, 0.717) is 5.41 Å². The van der Waals surface area contributed by atoms with Crippen molar-refractivity contribution in [3.05, 3.63) is 11.6 Å². The minimum Gasteiger partial charge on any atom is -0.0853 e. The first-order chi connectivity index (χ1) is 6.08. The van der Waals surface area contributed by atoms with E-state index in [1.165, 1.54) is 32.1 Å². The zero-order valence-corrected chi connectivity index (χ0v) is 9.69. The summed E-state index contributed by atoms with van der Waals surface area (Å²) in [6.45, 7) is 9.48. The molecular formula is C13H24. The molecule has 0 fully saturated rings. The van der Waals surface area contributed by atoms with Crippen molar-refractivity contribution in [1.29, 1.82) is 0 Å². The molecule has 0 spiro atoms. The van der Waals surface area contributed by atoms with E-state index in [2.05, 4.69) is 33.8 Å². The molecule has 0 unspecified atom stereocenters. The molecule has 1 aliphatic rings. The highest BCUT2D eigenvalue weighted by Crippen LogP contribution is 2.43. The van der Waals surface area contributed by atoms with Crippen molar-refractivity contribution in [2.45, 2.75) is 59.8 Å². The monoisotopic (exact) mass is 180 g/mol. The molecule has 0 saturated carbocycles. The van der Waals surface area contributed by atoms with Crippen LogP contribution in [0.2, 0.25) is 0 Å². The van der Waals surface area contributed by atoms with Gasteiger partial charge in [0.1, 0.15) is 0 Å². The fourth-order valence-electron chi connectivity index (χ4n) is 2.63. The first-order valence-electron chi connectivity index (χ1n) is 5.74. The lowest BCUT2D eigenvalue weighted by Crippen LogP contribution is -2.27. The molecule has 0 aliphatic heterocycles. The van der Waals surface area contributed by atoms with Crippen molar-refractivity contribution in [1.82, 2.24) is 0 Å². The maximum Gasteiger partial charge on any atom is -0.0155 e. The van der Waals surface area contributed by atoms with Crippen LogP contribution in [0.4, 0.5) is 0 Å². The molecule has 0 aromatic carbocycles. The van der Waals surface area contributed by atoms with Gasteiger partial charge in [0, 0.05) is 0 Å². The average Bonchev–Trinajstić information content (AvgIpc) is 2.02. The van der Waals surface area contributed by atoms with E-state index in [4.69, 9.17) is 0 Å². The molecule has 0 amide bonds. The molecule has 0 aromatic rings. The van der Waals surface area contributed by atoms with Gasteiger partial charge in [-0.05, 0) is 37.5 Å². The fraction of sp³-hybridized carbons (Fsp3) is 0.846. The van der Waals surface area contributed by atoms with Gasteiger partial charge >= 0.3 is 0 Å². The summed E-state index contributed by atoms with van der Waals surface area (Å²) in [7, 11) is 0. The van der Waals surface area contributed by atoms with E-state index in [-0.39, 0.29) is 0 Å². The van der Waals surface area contributed by atoms with Crippen LogP contribution in [0.3, 0.4) is 0 Å². The standard InChI is InChI=1S/C13H24/c1-5-6-9-12-11(2)8-7-10-13(12,3)4/h8,12H,5-7,9-10H2,1-4H3/t12-/m0/s1. The van der Waals surface area contributed by atoms with Crippen LogP contribution in [-0.4, -0.2) is 0 Å². The lowest BCUT2D eigenvalue weighted by molar-refractivity contribution is 0.200. The van der Waals surface area contributed by atoms with E-state index in [0.717, 1.165) is 5.92 Å². The molecule has 1 atom stereocenters. The van der Waals surface area contributed by atoms with Gasteiger partial charge in [0.05, 0.1) is 0 Å². The number of unbranched alkanes of at least 4 members (excludes halogenated alkanes) is 1. The summed E-state index contributed by atoms with van der Waals surface area (Å²) in [6.07, 6.45) is 9.23. The average molecular weight is 180 g/mol. The Hall–Kier alpha value is -0.260. The largest absolute Gasteiger partial charge is 0.0853 e. The third-order valence-corrected chi connectivity index (χ3v) is 3.59. The number of allylic oxidation sites excluding steroid dienone is 2. The highest BCUT2D eigenvalue weighted by atomic mass is 14.4. The van der Waals surface area contributed by atoms with Crippen LogP contribution < -0.4 is 0 Å². The third kappa shape index (κ3) is 2.59. The van der Waals surface area contributed by atoms with Gasteiger partial charge in [-0.15, -0.1) is 0 Å².